The molecule has 1 amide bonds. The van der Waals surface area contributed by atoms with Crippen molar-refractivity contribution in [3.8, 4) is 5.75 Å². The van der Waals surface area contributed by atoms with Gasteiger partial charge in [0.05, 0.1) is 38.5 Å². The summed E-state index contributed by atoms with van der Waals surface area (Å²) in [4.78, 5) is 18.8. The molecule has 1 aromatic carbocycles. The van der Waals surface area contributed by atoms with Crippen LogP contribution in [0.3, 0.4) is 0 Å². The number of ether oxygens (including phenoxy) is 2. The van der Waals surface area contributed by atoms with E-state index in [1.54, 1.807) is 19.4 Å². The Labute approximate surface area is 154 Å². The van der Waals surface area contributed by atoms with Gasteiger partial charge in [-0.2, -0.15) is 0 Å². The molecule has 0 bridgehead atoms. The van der Waals surface area contributed by atoms with Crippen LogP contribution in [0.1, 0.15) is 17.7 Å². The van der Waals surface area contributed by atoms with Crippen molar-refractivity contribution >= 4 is 5.91 Å². The van der Waals surface area contributed by atoms with Crippen LogP contribution in [0.5, 0.6) is 5.75 Å². The Kier molecular flexibility index (Phi) is 6.57. The van der Waals surface area contributed by atoms with Crippen LogP contribution in [0, 0.1) is 0 Å². The van der Waals surface area contributed by atoms with E-state index in [1.807, 2.05) is 24.3 Å². The minimum absolute atomic E-state index is 0.0267. The topological polar surface area (TPSA) is 63.7 Å². The summed E-state index contributed by atoms with van der Waals surface area (Å²) in [5.74, 6) is 0.706. The third-order valence-electron chi connectivity index (χ3n) is 4.38. The molecule has 0 saturated carbocycles. The molecule has 2 aromatic rings. The molecule has 2 heterocycles. The highest BCUT2D eigenvalue weighted by molar-refractivity contribution is 5.76. The average Bonchev–Trinajstić information content (AvgIpc) is 2.68. The van der Waals surface area contributed by atoms with Gasteiger partial charge >= 0.3 is 0 Å². The highest BCUT2D eigenvalue weighted by Crippen LogP contribution is 2.13. The molecule has 26 heavy (non-hydrogen) atoms. The number of aromatic nitrogens is 1. The number of pyridine rings is 1. The number of hydrogen-bond acceptors (Lipinski definition) is 5. The molecule has 6 nitrogen and oxygen atoms in total. The highest BCUT2D eigenvalue weighted by atomic mass is 16.5. The van der Waals surface area contributed by atoms with Crippen molar-refractivity contribution in [1.82, 2.24) is 15.2 Å². The fourth-order valence-corrected chi connectivity index (χ4v) is 3.04. The van der Waals surface area contributed by atoms with E-state index in [-0.39, 0.29) is 12.0 Å². The molecular weight excluding hydrogens is 330 g/mol. The van der Waals surface area contributed by atoms with Gasteiger partial charge in [0.15, 0.2) is 0 Å². The van der Waals surface area contributed by atoms with E-state index in [4.69, 9.17) is 9.47 Å². The van der Waals surface area contributed by atoms with Gasteiger partial charge in [-0.3, -0.25) is 14.7 Å². The lowest BCUT2D eigenvalue weighted by Crippen LogP contribution is -2.44. The van der Waals surface area contributed by atoms with Crippen LogP contribution in [0.25, 0.3) is 0 Å². The first-order valence-electron chi connectivity index (χ1n) is 8.86. The van der Waals surface area contributed by atoms with Gasteiger partial charge in [0.2, 0.25) is 5.91 Å². The van der Waals surface area contributed by atoms with E-state index in [0.717, 1.165) is 31.1 Å². The summed E-state index contributed by atoms with van der Waals surface area (Å²) in [5.41, 5.74) is 2.05. The zero-order valence-corrected chi connectivity index (χ0v) is 15.1. The second-order valence-corrected chi connectivity index (χ2v) is 6.38. The number of carbonyl (C=O) groups is 1. The van der Waals surface area contributed by atoms with Crippen molar-refractivity contribution in [3.05, 3.63) is 59.9 Å². The Hall–Kier alpha value is -2.44. The molecule has 0 radical (unpaired) electrons. The smallest absolute Gasteiger partial charge is 0.222 e. The average molecular weight is 355 g/mol. The first-order valence-corrected chi connectivity index (χ1v) is 8.86. The van der Waals surface area contributed by atoms with Crippen LogP contribution in [0.2, 0.25) is 0 Å². The maximum atomic E-state index is 12.2. The summed E-state index contributed by atoms with van der Waals surface area (Å²) in [7, 11) is 1.61. The van der Waals surface area contributed by atoms with Gasteiger partial charge in [0.1, 0.15) is 5.75 Å². The van der Waals surface area contributed by atoms with E-state index in [1.165, 1.54) is 5.56 Å². The Balaban J connectivity index is 1.44. The quantitative estimate of drug-likeness (QED) is 0.823. The van der Waals surface area contributed by atoms with E-state index >= 15 is 0 Å². The molecule has 0 spiro atoms. The number of morpholine rings is 1. The van der Waals surface area contributed by atoms with E-state index in [2.05, 4.69) is 27.3 Å². The number of methoxy groups -OCH3 is 1. The third kappa shape index (κ3) is 5.54. The number of nitrogens with zero attached hydrogens (tertiary/aromatic N) is 2. The second kappa shape index (κ2) is 9.31. The van der Waals surface area contributed by atoms with Crippen molar-refractivity contribution < 1.29 is 14.3 Å². The van der Waals surface area contributed by atoms with Crippen molar-refractivity contribution in [1.29, 1.82) is 0 Å². The Morgan fingerprint density at radius 1 is 1.35 bits per heavy atom. The van der Waals surface area contributed by atoms with Crippen molar-refractivity contribution in [2.75, 3.05) is 26.8 Å². The van der Waals surface area contributed by atoms with Gasteiger partial charge in [0, 0.05) is 31.9 Å². The molecular formula is C20H25N3O3. The monoisotopic (exact) mass is 355 g/mol. The Morgan fingerprint density at radius 3 is 3.00 bits per heavy atom. The molecule has 0 aliphatic carbocycles. The number of rotatable bonds is 7. The highest BCUT2D eigenvalue weighted by Gasteiger charge is 2.22. The summed E-state index contributed by atoms with van der Waals surface area (Å²) in [5, 5.41) is 2.91. The molecule has 1 saturated heterocycles. The molecule has 1 aliphatic heterocycles. The van der Waals surface area contributed by atoms with Crippen LogP contribution in [-0.4, -0.2) is 48.7 Å². The molecule has 1 N–H and O–H groups in total. The minimum Gasteiger partial charge on any atom is -0.497 e. The molecule has 1 fully saturated rings. The number of amides is 1. The maximum Gasteiger partial charge on any atom is 0.222 e. The lowest BCUT2D eigenvalue weighted by molar-refractivity contribution is -0.126. The van der Waals surface area contributed by atoms with Gasteiger partial charge in [-0.25, -0.2) is 0 Å². The summed E-state index contributed by atoms with van der Waals surface area (Å²) >= 11 is 0. The summed E-state index contributed by atoms with van der Waals surface area (Å²) in [6, 6.07) is 14.0. The zero-order valence-electron chi connectivity index (χ0n) is 15.1. The van der Waals surface area contributed by atoms with Gasteiger partial charge < -0.3 is 14.8 Å². The third-order valence-corrected chi connectivity index (χ3v) is 4.38. The molecule has 1 unspecified atom stereocenters. The summed E-state index contributed by atoms with van der Waals surface area (Å²) in [6.45, 7) is 3.58. The van der Waals surface area contributed by atoms with Crippen molar-refractivity contribution in [2.24, 2.45) is 0 Å². The number of nitrogens with one attached hydrogen (secondary N) is 1. The maximum absolute atomic E-state index is 12.2. The van der Waals surface area contributed by atoms with E-state index < -0.39 is 0 Å². The normalized spacial score (nSPS) is 17.7. The SMILES string of the molecule is COc1ccnc(CNC(=O)CC2CN(Cc3ccccc3)CCO2)c1. The van der Waals surface area contributed by atoms with Crippen molar-refractivity contribution in [2.45, 2.75) is 25.6 Å². The number of hydrogen-bond donors (Lipinski definition) is 1. The molecule has 1 aromatic heterocycles. The lowest BCUT2D eigenvalue weighted by atomic mass is 10.1. The van der Waals surface area contributed by atoms with Crippen LogP contribution in [0.15, 0.2) is 48.7 Å². The largest absolute Gasteiger partial charge is 0.497 e. The Morgan fingerprint density at radius 2 is 2.19 bits per heavy atom. The first-order chi connectivity index (χ1) is 12.7. The first kappa shape index (κ1) is 18.4. The van der Waals surface area contributed by atoms with E-state index in [0.29, 0.717) is 19.6 Å². The fraction of sp³-hybridized carbons (Fsp3) is 0.400. The minimum atomic E-state index is -0.0780. The van der Waals surface area contributed by atoms with Gasteiger partial charge in [-0.05, 0) is 11.6 Å². The summed E-state index contributed by atoms with van der Waals surface area (Å²) in [6.07, 6.45) is 1.95. The predicted octanol–water partition coefficient (Wildman–Crippen LogP) is 2.00. The standard InChI is InChI=1S/C20H25N3O3/c1-25-18-7-8-21-17(11-18)13-22-20(24)12-19-15-23(9-10-26-19)14-16-5-3-2-4-6-16/h2-8,11,19H,9-10,12-15H2,1H3,(H,22,24). The van der Waals surface area contributed by atoms with Gasteiger partial charge in [-0.1, -0.05) is 30.3 Å². The lowest BCUT2D eigenvalue weighted by Gasteiger charge is -2.32. The fourth-order valence-electron chi connectivity index (χ4n) is 3.04. The summed E-state index contributed by atoms with van der Waals surface area (Å²) < 4.78 is 10.9. The van der Waals surface area contributed by atoms with Crippen LogP contribution in [-0.2, 0) is 22.6 Å². The molecule has 1 atom stereocenters. The Bertz CT molecular complexity index is 708. The van der Waals surface area contributed by atoms with E-state index in [9.17, 15) is 4.79 Å². The molecule has 138 valence electrons. The van der Waals surface area contributed by atoms with Gasteiger partial charge in [0.25, 0.3) is 0 Å². The molecule has 1 aliphatic rings. The van der Waals surface area contributed by atoms with Crippen LogP contribution < -0.4 is 10.1 Å². The van der Waals surface area contributed by atoms with Gasteiger partial charge in [-0.15, -0.1) is 0 Å². The zero-order chi connectivity index (χ0) is 18.2. The molecule has 3 rings (SSSR count). The number of carbonyl (C=O) groups excluding carboxylic acids is 1. The second-order valence-electron chi connectivity index (χ2n) is 6.38. The van der Waals surface area contributed by atoms with Crippen LogP contribution in [0.4, 0.5) is 0 Å². The predicted molar refractivity (Wildman–Crippen MR) is 98.7 cm³/mol. The number of benzene rings is 1. The molecule has 6 heteroatoms. The van der Waals surface area contributed by atoms with Crippen molar-refractivity contribution in [3.63, 3.8) is 0 Å². The van der Waals surface area contributed by atoms with Crippen LogP contribution >= 0.6 is 0 Å².